The van der Waals surface area contributed by atoms with Gasteiger partial charge in [-0.3, -0.25) is 4.98 Å². The monoisotopic (exact) mass is 299 g/mol. The first kappa shape index (κ1) is 13.9. The van der Waals surface area contributed by atoms with E-state index in [1.807, 2.05) is 47.0 Å². The van der Waals surface area contributed by atoms with Gasteiger partial charge >= 0.3 is 6.03 Å². The molecule has 2 aromatic rings. The number of carbonyl (C=O) groups excluding carboxylic acids is 1. The zero-order chi connectivity index (χ0) is 14.5. The van der Waals surface area contributed by atoms with Crippen molar-refractivity contribution < 1.29 is 4.79 Å². The van der Waals surface area contributed by atoms with Crippen LogP contribution in [-0.2, 0) is 0 Å². The Hall–Kier alpha value is -2.01. The molecule has 0 unspecified atom stereocenters. The predicted molar refractivity (Wildman–Crippen MR) is 86.5 cm³/mol. The van der Waals surface area contributed by atoms with E-state index in [4.69, 9.17) is 0 Å². The van der Waals surface area contributed by atoms with Gasteiger partial charge in [-0.15, -0.1) is 0 Å². The van der Waals surface area contributed by atoms with E-state index in [0.717, 1.165) is 23.7 Å². The summed E-state index contributed by atoms with van der Waals surface area (Å²) in [5.41, 5.74) is 1.92. The van der Waals surface area contributed by atoms with Crippen LogP contribution >= 0.6 is 11.8 Å². The molecule has 4 nitrogen and oxygen atoms in total. The summed E-state index contributed by atoms with van der Waals surface area (Å²) < 4.78 is 0. The normalized spacial score (nSPS) is 18.3. The van der Waals surface area contributed by atoms with Gasteiger partial charge in [0.15, 0.2) is 0 Å². The first-order chi connectivity index (χ1) is 10.3. The molecule has 108 valence electrons. The zero-order valence-corrected chi connectivity index (χ0v) is 12.4. The van der Waals surface area contributed by atoms with Gasteiger partial charge in [0.1, 0.15) is 0 Å². The van der Waals surface area contributed by atoms with Gasteiger partial charge < -0.3 is 10.2 Å². The molecule has 5 heteroatoms. The number of urea groups is 1. The summed E-state index contributed by atoms with van der Waals surface area (Å²) in [6.45, 7) is 0.760. The second-order valence-electron chi connectivity index (χ2n) is 4.87. The van der Waals surface area contributed by atoms with Crippen molar-refractivity contribution in [3.63, 3.8) is 0 Å². The zero-order valence-electron chi connectivity index (χ0n) is 11.6. The number of benzene rings is 1. The number of rotatable bonds is 2. The maximum absolute atomic E-state index is 12.5. The van der Waals surface area contributed by atoms with E-state index >= 15 is 0 Å². The average molecular weight is 299 g/mol. The van der Waals surface area contributed by atoms with Gasteiger partial charge in [-0.05, 0) is 17.7 Å². The van der Waals surface area contributed by atoms with E-state index < -0.39 is 0 Å². The van der Waals surface area contributed by atoms with Gasteiger partial charge in [-0.1, -0.05) is 30.3 Å². The first-order valence-corrected chi connectivity index (χ1v) is 8.10. The van der Waals surface area contributed by atoms with Crippen LogP contribution in [0.1, 0.15) is 11.6 Å². The Labute approximate surface area is 128 Å². The van der Waals surface area contributed by atoms with Crippen molar-refractivity contribution in [2.24, 2.45) is 0 Å². The molecule has 1 aliphatic rings. The molecule has 1 N–H and O–H groups in total. The highest BCUT2D eigenvalue weighted by Crippen LogP contribution is 2.29. The van der Waals surface area contributed by atoms with Gasteiger partial charge in [0.05, 0.1) is 17.9 Å². The molecule has 1 fully saturated rings. The molecule has 0 spiro atoms. The molecule has 2 amide bonds. The largest absolute Gasteiger partial charge is 0.322 e. The number of hydrogen-bond acceptors (Lipinski definition) is 3. The molecule has 1 aromatic carbocycles. The van der Waals surface area contributed by atoms with Crippen LogP contribution in [-0.4, -0.2) is 34.0 Å². The first-order valence-electron chi connectivity index (χ1n) is 6.95. The van der Waals surface area contributed by atoms with Gasteiger partial charge in [0.25, 0.3) is 0 Å². The van der Waals surface area contributed by atoms with Crippen molar-refractivity contribution in [2.75, 3.05) is 23.4 Å². The van der Waals surface area contributed by atoms with Crippen LogP contribution in [0.2, 0.25) is 0 Å². The third-order valence-corrected chi connectivity index (χ3v) is 4.51. The molecule has 1 atom stereocenters. The summed E-state index contributed by atoms with van der Waals surface area (Å²) in [5, 5.41) is 2.93. The third-order valence-electron chi connectivity index (χ3n) is 3.49. The molecule has 0 aliphatic carbocycles. The standard InChI is InChI=1S/C16H17N3OS/c20-16(18-14-7-4-8-17-11-14)19-9-10-21-12-15(19)13-5-2-1-3-6-13/h1-8,11,15H,9-10,12H2,(H,18,20)/t15-/m1/s1. The lowest BCUT2D eigenvalue weighted by Gasteiger charge is -2.35. The maximum atomic E-state index is 12.5. The number of hydrogen-bond donors (Lipinski definition) is 1. The van der Waals surface area contributed by atoms with E-state index in [1.54, 1.807) is 12.4 Å². The van der Waals surface area contributed by atoms with E-state index in [0.29, 0.717) is 0 Å². The SMILES string of the molecule is O=C(Nc1cccnc1)N1CCSC[C@@H]1c1ccccc1. The molecule has 0 radical (unpaired) electrons. The highest BCUT2D eigenvalue weighted by molar-refractivity contribution is 7.99. The topological polar surface area (TPSA) is 45.2 Å². The van der Waals surface area contributed by atoms with E-state index in [-0.39, 0.29) is 12.1 Å². The third kappa shape index (κ3) is 3.36. The lowest BCUT2D eigenvalue weighted by Crippen LogP contribution is -2.43. The fourth-order valence-electron chi connectivity index (χ4n) is 2.43. The maximum Gasteiger partial charge on any atom is 0.322 e. The van der Waals surface area contributed by atoms with E-state index in [2.05, 4.69) is 22.4 Å². The van der Waals surface area contributed by atoms with Crippen molar-refractivity contribution in [1.29, 1.82) is 0 Å². The van der Waals surface area contributed by atoms with Crippen LogP contribution in [0.15, 0.2) is 54.9 Å². The number of nitrogens with one attached hydrogen (secondary N) is 1. The Morgan fingerprint density at radius 2 is 2.10 bits per heavy atom. The van der Waals surface area contributed by atoms with Gasteiger partial charge in [-0.2, -0.15) is 11.8 Å². The Morgan fingerprint density at radius 3 is 2.86 bits per heavy atom. The molecular weight excluding hydrogens is 282 g/mol. The Morgan fingerprint density at radius 1 is 1.24 bits per heavy atom. The Balaban J connectivity index is 1.76. The lowest BCUT2D eigenvalue weighted by molar-refractivity contribution is 0.196. The van der Waals surface area contributed by atoms with Crippen molar-refractivity contribution >= 4 is 23.5 Å². The van der Waals surface area contributed by atoms with Crippen molar-refractivity contribution in [3.05, 3.63) is 60.4 Å². The molecule has 2 heterocycles. The fourth-order valence-corrected chi connectivity index (χ4v) is 3.52. The molecule has 1 aromatic heterocycles. The number of carbonyl (C=O) groups is 1. The number of aromatic nitrogens is 1. The highest BCUT2D eigenvalue weighted by Gasteiger charge is 2.28. The van der Waals surface area contributed by atoms with E-state index in [1.165, 1.54) is 5.56 Å². The summed E-state index contributed by atoms with van der Waals surface area (Å²) in [6.07, 6.45) is 3.36. The molecule has 1 saturated heterocycles. The summed E-state index contributed by atoms with van der Waals surface area (Å²) in [5.74, 6) is 1.91. The van der Waals surface area contributed by atoms with E-state index in [9.17, 15) is 4.79 Å². The molecule has 1 aliphatic heterocycles. The van der Waals surface area contributed by atoms with Crippen LogP contribution in [0, 0.1) is 0 Å². The number of anilines is 1. The summed E-state index contributed by atoms with van der Waals surface area (Å²) >= 11 is 1.89. The number of pyridine rings is 1. The van der Waals surface area contributed by atoms with Crippen LogP contribution in [0.4, 0.5) is 10.5 Å². The average Bonchev–Trinajstić information content (AvgIpc) is 2.56. The van der Waals surface area contributed by atoms with Crippen molar-refractivity contribution in [1.82, 2.24) is 9.88 Å². The second-order valence-corrected chi connectivity index (χ2v) is 6.02. The fraction of sp³-hybridized carbons (Fsp3) is 0.250. The van der Waals surface area contributed by atoms with Gasteiger partial charge in [-0.25, -0.2) is 4.79 Å². The Bertz CT molecular complexity index is 591. The van der Waals surface area contributed by atoms with Crippen LogP contribution in [0.5, 0.6) is 0 Å². The summed E-state index contributed by atoms with van der Waals surface area (Å²) in [4.78, 5) is 18.5. The minimum atomic E-state index is -0.0582. The summed E-state index contributed by atoms with van der Waals surface area (Å²) in [6, 6.07) is 13.9. The molecule has 0 bridgehead atoms. The quantitative estimate of drug-likeness (QED) is 0.924. The number of amides is 2. The van der Waals surface area contributed by atoms with Crippen LogP contribution in [0.25, 0.3) is 0 Å². The van der Waals surface area contributed by atoms with Gasteiger partial charge in [0.2, 0.25) is 0 Å². The van der Waals surface area contributed by atoms with Crippen LogP contribution < -0.4 is 5.32 Å². The lowest BCUT2D eigenvalue weighted by atomic mass is 10.1. The van der Waals surface area contributed by atoms with Crippen molar-refractivity contribution in [2.45, 2.75) is 6.04 Å². The van der Waals surface area contributed by atoms with Crippen LogP contribution in [0.3, 0.4) is 0 Å². The molecule has 21 heavy (non-hydrogen) atoms. The molecule has 0 saturated carbocycles. The minimum absolute atomic E-state index is 0.0582. The minimum Gasteiger partial charge on any atom is -0.316 e. The predicted octanol–water partition coefficient (Wildman–Crippen LogP) is 3.40. The van der Waals surface area contributed by atoms with Gasteiger partial charge in [0, 0.05) is 24.2 Å². The molecular formula is C16H17N3OS. The Kier molecular flexibility index (Phi) is 4.40. The number of nitrogens with zero attached hydrogens (tertiary/aromatic N) is 2. The number of thioether (sulfide) groups is 1. The highest BCUT2D eigenvalue weighted by atomic mass is 32.2. The summed E-state index contributed by atoms with van der Waals surface area (Å²) in [7, 11) is 0. The molecule has 3 rings (SSSR count). The second kappa shape index (κ2) is 6.63. The van der Waals surface area contributed by atoms with Crippen molar-refractivity contribution in [3.8, 4) is 0 Å². The smallest absolute Gasteiger partial charge is 0.316 e.